The predicted octanol–water partition coefficient (Wildman–Crippen LogP) is 1.59. The average Bonchev–Trinajstić information content (AvgIpc) is 3.34. The van der Waals surface area contributed by atoms with Gasteiger partial charge in [-0.1, -0.05) is 24.3 Å². The molecule has 9 heteroatoms. The van der Waals surface area contributed by atoms with Gasteiger partial charge >= 0.3 is 5.97 Å². The molecule has 3 rings (SSSR count). The average molecular weight is 420 g/mol. The van der Waals surface area contributed by atoms with Crippen LogP contribution in [0, 0.1) is 6.92 Å². The van der Waals surface area contributed by atoms with E-state index in [1.807, 2.05) is 31.2 Å². The van der Waals surface area contributed by atoms with Crippen LogP contribution in [0.1, 0.15) is 34.5 Å². The van der Waals surface area contributed by atoms with E-state index in [2.05, 4.69) is 10.1 Å². The highest BCUT2D eigenvalue weighted by molar-refractivity contribution is 7.89. The molecule has 0 saturated carbocycles. The van der Waals surface area contributed by atoms with E-state index in [0.717, 1.165) is 11.1 Å². The molecule has 2 heterocycles. The smallest absolute Gasteiger partial charge is 0.354 e. The fraction of sp³-hybridized carbons (Fsp3) is 0.400. The zero-order valence-corrected chi connectivity index (χ0v) is 17.5. The number of benzene rings is 1. The number of amides is 1. The summed E-state index contributed by atoms with van der Waals surface area (Å²) in [5.41, 5.74) is 2.17. The Hall–Kier alpha value is -2.65. The summed E-state index contributed by atoms with van der Waals surface area (Å²) >= 11 is 0. The van der Waals surface area contributed by atoms with Crippen LogP contribution in [-0.2, 0) is 33.1 Å². The van der Waals surface area contributed by atoms with Crippen LogP contribution < -0.4 is 5.32 Å². The highest BCUT2D eigenvalue weighted by Crippen LogP contribution is 2.27. The van der Waals surface area contributed by atoms with Crippen LogP contribution in [0.3, 0.4) is 0 Å². The van der Waals surface area contributed by atoms with Crippen LogP contribution in [0.15, 0.2) is 41.4 Å². The number of hydrogen-bond donors (Lipinski definition) is 1. The first kappa shape index (κ1) is 21.1. The molecule has 29 heavy (non-hydrogen) atoms. The second-order valence-corrected chi connectivity index (χ2v) is 8.97. The molecule has 1 amide bonds. The maximum Gasteiger partial charge on any atom is 0.354 e. The summed E-state index contributed by atoms with van der Waals surface area (Å²) in [6, 6.07) is 8.22. The minimum Gasteiger partial charge on any atom is -0.464 e. The summed E-state index contributed by atoms with van der Waals surface area (Å²) in [7, 11) is -1.12. The molecule has 2 aromatic rings. The van der Waals surface area contributed by atoms with E-state index in [1.165, 1.54) is 28.2 Å². The van der Waals surface area contributed by atoms with Crippen molar-refractivity contribution < 1.29 is 22.7 Å². The summed E-state index contributed by atoms with van der Waals surface area (Å²) in [4.78, 5) is 24.5. The topological polar surface area (TPSA) is 97.7 Å². The molecule has 1 fully saturated rings. The Morgan fingerprint density at radius 1 is 1.28 bits per heavy atom. The van der Waals surface area contributed by atoms with Crippen LogP contribution in [0.4, 0.5) is 0 Å². The van der Waals surface area contributed by atoms with Gasteiger partial charge in [0.1, 0.15) is 16.6 Å². The van der Waals surface area contributed by atoms with Gasteiger partial charge in [0, 0.05) is 26.3 Å². The lowest BCUT2D eigenvalue weighted by molar-refractivity contribution is -0.124. The number of nitrogens with zero attached hydrogens (tertiary/aromatic N) is 2. The predicted molar refractivity (Wildman–Crippen MR) is 107 cm³/mol. The largest absolute Gasteiger partial charge is 0.464 e. The molecule has 1 aliphatic rings. The molecular weight excluding hydrogens is 394 g/mol. The second-order valence-electron chi connectivity index (χ2n) is 7.08. The lowest BCUT2D eigenvalue weighted by Crippen LogP contribution is -2.45. The number of aromatic nitrogens is 1. The summed E-state index contributed by atoms with van der Waals surface area (Å²) in [6.07, 6.45) is 2.41. The van der Waals surface area contributed by atoms with Crippen molar-refractivity contribution in [1.29, 1.82) is 0 Å². The van der Waals surface area contributed by atoms with Crippen molar-refractivity contribution in [2.45, 2.75) is 37.2 Å². The van der Waals surface area contributed by atoms with E-state index in [9.17, 15) is 18.0 Å². The minimum absolute atomic E-state index is 0.0287. The molecule has 0 spiro atoms. The monoisotopic (exact) mass is 419 g/mol. The van der Waals surface area contributed by atoms with E-state index in [-0.39, 0.29) is 23.0 Å². The van der Waals surface area contributed by atoms with Crippen LogP contribution in [-0.4, -0.2) is 48.9 Å². The number of methoxy groups -OCH3 is 1. The Kier molecular flexibility index (Phi) is 6.09. The van der Waals surface area contributed by atoms with Gasteiger partial charge in [0.15, 0.2) is 0 Å². The fourth-order valence-electron chi connectivity index (χ4n) is 3.52. The molecule has 1 aromatic heterocycles. The molecule has 0 unspecified atom stereocenters. The van der Waals surface area contributed by atoms with Crippen molar-refractivity contribution in [3.05, 3.63) is 53.3 Å². The maximum absolute atomic E-state index is 13.1. The number of carbonyl (C=O) groups is 2. The van der Waals surface area contributed by atoms with Crippen molar-refractivity contribution in [1.82, 2.24) is 14.2 Å². The number of ether oxygens (including phenoxy) is 1. The Balaban J connectivity index is 1.78. The first-order valence-corrected chi connectivity index (χ1v) is 10.8. The quantitative estimate of drug-likeness (QED) is 0.717. The molecule has 156 valence electrons. The molecule has 0 radical (unpaired) electrons. The summed E-state index contributed by atoms with van der Waals surface area (Å²) in [5.74, 6) is -0.943. The van der Waals surface area contributed by atoms with Gasteiger partial charge in [-0.25, -0.2) is 13.2 Å². The number of sulfonamides is 1. The van der Waals surface area contributed by atoms with E-state index in [4.69, 9.17) is 0 Å². The molecule has 0 bridgehead atoms. The Morgan fingerprint density at radius 2 is 2.00 bits per heavy atom. The van der Waals surface area contributed by atoms with Gasteiger partial charge in [0.05, 0.1) is 7.11 Å². The van der Waals surface area contributed by atoms with E-state index >= 15 is 0 Å². The van der Waals surface area contributed by atoms with Gasteiger partial charge < -0.3 is 14.6 Å². The Labute approximate surface area is 170 Å². The van der Waals surface area contributed by atoms with Gasteiger partial charge in [-0.15, -0.1) is 0 Å². The van der Waals surface area contributed by atoms with Crippen molar-refractivity contribution in [2.75, 3.05) is 13.7 Å². The number of aryl methyl sites for hydroxylation is 2. The van der Waals surface area contributed by atoms with E-state index < -0.39 is 22.0 Å². The zero-order chi connectivity index (χ0) is 21.2. The van der Waals surface area contributed by atoms with Crippen molar-refractivity contribution in [2.24, 2.45) is 7.05 Å². The third kappa shape index (κ3) is 4.20. The van der Waals surface area contributed by atoms with Gasteiger partial charge in [0.25, 0.3) is 0 Å². The third-order valence-corrected chi connectivity index (χ3v) is 7.08. The van der Waals surface area contributed by atoms with E-state index in [0.29, 0.717) is 19.4 Å². The first-order valence-electron chi connectivity index (χ1n) is 9.34. The maximum atomic E-state index is 13.1. The number of hydrogen-bond acceptors (Lipinski definition) is 5. The molecule has 0 aliphatic carbocycles. The van der Waals surface area contributed by atoms with Crippen molar-refractivity contribution in [3.63, 3.8) is 0 Å². The summed E-state index contributed by atoms with van der Waals surface area (Å²) in [6.45, 7) is 2.56. The summed E-state index contributed by atoms with van der Waals surface area (Å²) in [5, 5.41) is 2.85. The Morgan fingerprint density at radius 3 is 2.69 bits per heavy atom. The standard InChI is InChI=1S/C20H25N3O5S/c1-14-7-4-5-8-15(14)12-21-19(24)17-9-6-10-23(17)29(26,27)16-11-18(20(25)28-3)22(2)13-16/h4-5,7-8,11,13,17H,6,9-10,12H2,1-3H3,(H,21,24)/t17-/m1/s1. The lowest BCUT2D eigenvalue weighted by atomic mass is 10.1. The van der Waals surface area contributed by atoms with Gasteiger partial charge in [-0.2, -0.15) is 4.31 Å². The molecule has 1 N–H and O–H groups in total. The molecule has 1 saturated heterocycles. The van der Waals surface area contributed by atoms with E-state index in [1.54, 1.807) is 7.05 Å². The van der Waals surface area contributed by atoms with Crippen LogP contribution in [0.2, 0.25) is 0 Å². The fourth-order valence-corrected chi connectivity index (χ4v) is 5.24. The molecule has 1 aliphatic heterocycles. The Bertz CT molecular complexity index is 1030. The van der Waals surface area contributed by atoms with Gasteiger partial charge in [-0.3, -0.25) is 4.79 Å². The third-order valence-electron chi connectivity index (χ3n) is 5.20. The van der Waals surface area contributed by atoms with Gasteiger partial charge in [0.2, 0.25) is 15.9 Å². The first-order chi connectivity index (χ1) is 13.8. The normalized spacial score (nSPS) is 17.3. The molecule has 8 nitrogen and oxygen atoms in total. The number of nitrogens with one attached hydrogen (secondary N) is 1. The van der Waals surface area contributed by atoms with Crippen LogP contribution in [0.5, 0.6) is 0 Å². The molecule has 1 atom stereocenters. The summed E-state index contributed by atoms with van der Waals surface area (Å²) < 4.78 is 33.6. The number of esters is 1. The number of rotatable bonds is 6. The SMILES string of the molecule is COC(=O)c1cc(S(=O)(=O)N2CCC[C@@H]2C(=O)NCc2ccccc2C)cn1C. The van der Waals surface area contributed by atoms with Crippen molar-refractivity contribution >= 4 is 21.9 Å². The van der Waals surface area contributed by atoms with Crippen LogP contribution >= 0.6 is 0 Å². The lowest BCUT2D eigenvalue weighted by Gasteiger charge is -2.23. The minimum atomic E-state index is -3.92. The van der Waals surface area contributed by atoms with Crippen LogP contribution in [0.25, 0.3) is 0 Å². The molecule has 1 aromatic carbocycles. The van der Waals surface area contributed by atoms with Gasteiger partial charge in [-0.05, 0) is 37.0 Å². The van der Waals surface area contributed by atoms with Crippen molar-refractivity contribution in [3.8, 4) is 0 Å². The second kappa shape index (κ2) is 8.38. The zero-order valence-electron chi connectivity index (χ0n) is 16.7. The highest BCUT2D eigenvalue weighted by atomic mass is 32.2. The molecular formula is C20H25N3O5S. The number of carbonyl (C=O) groups excluding carboxylic acids is 2. The highest BCUT2D eigenvalue weighted by Gasteiger charge is 2.40.